The Balaban J connectivity index is 2.22. The van der Waals surface area contributed by atoms with Crippen molar-refractivity contribution in [2.24, 2.45) is 5.73 Å². The van der Waals surface area contributed by atoms with Gasteiger partial charge in [-0.2, -0.15) is 0 Å². The largest absolute Gasteiger partial charge is 0.388 e. The van der Waals surface area contributed by atoms with Crippen molar-refractivity contribution in [2.45, 2.75) is 19.4 Å². The van der Waals surface area contributed by atoms with E-state index in [4.69, 9.17) is 18.0 Å². The Kier molecular flexibility index (Phi) is 3.43. The Morgan fingerprint density at radius 2 is 2.21 bits per heavy atom. The number of nitrogens with zero attached hydrogens (tertiary/aromatic N) is 3. The molecular formula is C11H13N5O2S. The molecule has 0 spiro atoms. The summed E-state index contributed by atoms with van der Waals surface area (Å²) in [5.74, 6) is -0.291. The molecule has 1 aliphatic rings. The molecule has 7 nitrogen and oxygen atoms in total. The van der Waals surface area contributed by atoms with Gasteiger partial charge in [0.15, 0.2) is 0 Å². The van der Waals surface area contributed by atoms with E-state index in [1.807, 2.05) is 0 Å². The second kappa shape index (κ2) is 4.88. The van der Waals surface area contributed by atoms with Crippen LogP contribution in [0.25, 0.3) is 0 Å². The fraction of sp³-hybridized carbons (Fsp3) is 0.364. The van der Waals surface area contributed by atoms with Gasteiger partial charge in [0.05, 0.1) is 6.42 Å². The van der Waals surface area contributed by atoms with Crippen LogP contribution in [0, 0.1) is 6.92 Å². The van der Waals surface area contributed by atoms with Crippen molar-refractivity contribution in [2.75, 3.05) is 12.4 Å². The number of hydrogen-bond acceptors (Lipinski definition) is 6. The van der Waals surface area contributed by atoms with Crippen LogP contribution in [0.5, 0.6) is 0 Å². The molecule has 3 N–H and O–H groups in total. The maximum atomic E-state index is 11.8. The fourth-order valence-electron chi connectivity index (χ4n) is 1.78. The lowest BCUT2D eigenvalue weighted by atomic mass is 10.2. The predicted molar refractivity (Wildman–Crippen MR) is 72.5 cm³/mol. The first-order valence-corrected chi connectivity index (χ1v) is 6.01. The highest BCUT2D eigenvalue weighted by Crippen LogP contribution is 2.15. The van der Waals surface area contributed by atoms with Gasteiger partial charge in [-0.05, 0) is 13.0 Å². The number of anilines is 1. The van der Waals surface area contributed by atoms with Gasteiger partial charge in [0.2, 0.25) is 11.9 Å². The van der Waals surface area contributed by atoms with E-state index in [0.717, 1.165) is 4.90 Å². The Labute approximate surface area is 115 Å². The van der Waals surface area contributed by atoms with Gasteiger partial charge in [-0.3, -0.25) is 14.5 Å². The highest BCUT2D eigenvalue weighted by molar-refractivity contribution is 7.80. The quantitative estimate of drug-likeness (QED) is 0.573. The maximum Gasteiger partial charge on any atom is 0.252 e. The monoisotopic (exact) mass is 279 g/mol. The molecule has 100 valence electrons. The zero-order valence-electron chi connectivity index (χ0n) is 10.5. The van der Waals surface area contributed by atoms with Gasteiger partial charge in [0.1, 0.15) is 16.7 Å². The molecular weight excluding hydrogens is 266 g/mol. The summed E-state index contributed by atoms with van der Waals surface area (Å²) in [5.41, 5.74) is 6.61. The molecule has 2 amide bonds. The van der Waals surface area contributed by atoms with E-state index in [1.54, 1.807) is 13.0 Å². The summed E-state index contributed by atoms with van der Waals surface area (Å²) in [7, 11) is 1.45. The molecule has 1 unspecified atom stereocenters. The van der Waals surface area contributed by atoms with Crippen LogP contribution in [0.15, 0.2) is 6.07 Å². The molecule has 0 aromatic carbocycles. The van der Waals surface area contributed by atoms with E-state index in [1.165, 1.54) is 7.05 Å². The first-order chi connectivity index (χ1) is 8.88. The predicted octanol–water partition coefficient (Wildman–Crippen LogP) is -0.412. The first kappa shape index (κ1) is 13.3. The zero-order chi connectivity index (χ0) is 14.2. The molecule has 0 saturated carbocycles. The Bertz CT molecular complexity index is 574. The number of thiocarbonyl (C=S) groups is 1. The van der Waals surface area contributed by atoms with Crippen LogP contribution in [-0.4, -0.2) is 44.8 Å². The van der Waals surface area contributed by atoms with Crippen molar-refractivity contribution in [1.29, 1.82) is 0 Å². The maximum absolute atomic E-state index is 11.8. The molecule has 0 bridgehead atoms. The van der Waals surface area contributed by atoms with Crippen molar-refractivity contribution in [3.8, 4) is 0 Å². The third kappa shape index (κ3) is 2.68. The number of amides is 2. The highest BCUT2D eigenvalue weighted by Gasteiger charge is 2.36. The van der Waals surface area contributed by atoms with Crippen molar-refractivity contribution in [3.05, 3.63) is 17.5 Å². The zero-order valence-corrected chi connectivity index (χ0v) is 11.3. The van der Waals surface area contributed by atoms with E-state index < -0.39 is 6.04 Å². The lowest BCUT2D eigenvalue weighted by molar-refractivity contribution is -0.136. The van der Waals surface area contributed by atoms with Crippen molar-refractivity contribution in [1.82, 2.24) is 14.9 Å². The SMILES string of the molecule is Cc1cc(C(N)=S)nc(NC2CC(=O)N(C)C2=O)n1. The molecule has 1 aromatic rings. The number of nitrogens with one attached hydrogen (secondary N) is 1. The van der Waals surface area contributed by atoms with E-state index in [2.05, 4.69) is 15.3 Å². The average molecular weight is 279 g/mol. The van der Waals surface area contributed by atoms with Gasteiger partial charge in [-0.15, -0.1) is 0 Å². The molecule has 1 fully saturated rings. The molecule has 0 aliphatic carbocycles. The summed E-state index contributed by atoms with van der Waals surface area (Å²) in [6, 6.07) is 1.01. The summed E-state index contributed by atoms with van der Waals surface area (Å²) in [6.07, 6.45) is 0.0923. The summed E-state index contributed by atoms with van der Waals surface area (Å²) in [4.78, 5) is 32.7. The minimum atomic E-state index is -0.640. The van der Waals surface area contributed by atoms with Gasteiger partial charge < -0.3 is 11.1 Å². The normalized spacial score (nSPS) is 18.8. The van der Waals surface area contributed by atoms with E-state index in [-0.39, 0.29) is 29.2 Å². The van der Waals surface area contributed by atoms with Crippen LogP contribution in [0.2, 0.25) is 0 Å². The van der Waals surface area contributed by atoms with E-state index >= 15 is 0 Å². The Hall–Kier alpha value is -2.09. The van der Waals surface area contributed by atoms with Crippen LogP contribution in [0.1, 0.15) is 17.8 Å². The standard InChI is InChI=1S/C11H13N5O2S/c1-5-3-6(9(12)19)14-11(13-5)15-7-4-8(17)16(2)10(7)18/h3,7H,4H2,1-2H3,(H2,12,19)(H,13,14,15). The molecule has 1 aliphatic heterocycles. The van der Waals surface area contributed by atoms with Crippen LogP contribution in [-0.2, 0) is 9.59 Å². The van der Waals surface area contributed by atoms with Gasteiger partial charge >= 0.3 is 0 Å². The Morgan fingerprint density at radius 1 is 1.53 bits per heavy atom. The number of carbonyl (C=O) groups excluding carboxylic acids is 2. The van der Waals surface area contributed by atoms with E-state index in [9.17, 15) is 9.59 Å². The van der Waals surface area contributed by atoms with Crippen LogP contribution >= 0.6 is 12.2 Å². The molecule has 8 heteroatoms. The molecule has 2 rings (SSSR count). The minimum Gasteiger partial charge on any atom is -0.388 e. The number of likely N-dealkylation sites (N-methyl/N-ethyl adjacent to an activating group) is 1. The molecule has 2 heterocycles. The van der Waals surface area contributed by atoms with Crippen molar-refractivity contribution in [3.63, 3.8) is 0 Å². The number of nitrogens with two attached hydrogens (primary N) is 1. The number of aromatic nitrogens is 2. The number of rotatable bonds is 3. The van der Waals surface area contributed by atoms with Crippen molar-refractivity contribution < 1.29 is 9.59 Å². The topological polar surface area (TPSA) is 101 Å². The molecule has 1 aromatic heterocycles. The summed E-state index contributed by atoms with van der Waals surface area (Å²) >= 11 is 4.86. The average Bonchev–Trinajstić information content (AvgIpc) is 2.56. The number of hydrogen-bond donors (Lipinski definition) is 2. The second-order valence-corrected chi connectivity index (χ2v) is 4.71. The summed E-state index contributed by atoms with van der Waals surface area (Å²) in [6.45, 7) is 1.77. The van der Waals surface area contributed by atoms with Gasteiger partial charge in [-0.25, -0.2) is 9.97 Å². The third-order valence-corrected chi connectivity index (χ3v) is 3.00. The lowest BCUT2D eigenvalue weighted by Crippen LogP contribution is -2.32. The van der Waals surface area contributed by atoms with Gasteiger partial charge in [0, 0.05) is 12.7 Å². The number of likely N-dealkylation sites (tertiary alicyclic amines) is 1. The summed E-state index contributed by atoms with van der Waals surface area (Å²) < 4.78 is 0. The van der Waals surface area contributed by atoms with Crippen molar-refractivity contribution >= 4 is 35.0 Å². The summed E-state index contributed by atoms with van der Waals surface area (Å²) in [5, 5.41) is 2.84. The number of aryl methyl sites for hydroxylation is 1. The Morgan fingerprint density at radius 3 is 2.74 bits per heavy atom. The first-order valence-electron chi connectivity index (χ1n) is 5.61. The smallest absolute Gasteiger partial charge is 0.252 e. The molecule has 1 saturated heterocycles. The molecule has 1 atom stereocenters. The van der Waals surface area contributed by atoms with Crippen LogP contribution in [0.3, 0.4) is 0 Å². The number of carbonyl (C=O) groups is 2. The molecule has 19 heavy (non-hydrogen) atoms. The minimum absolute atomic E-state index is 0.0923. The molecule has 0 radical (unpaired) electrons. The lowest BCUT2D eigenvalue weighted by Gasteiger charge is -2.12. The second-order valence-electron chi connectivity index (χ2n) is 4.27. The van der Waals surface area contributed by atoms with Gasteiger partial charge in [0.25, 0.3) is 5.91 Å². The van der Waals surface area contributed by atoms with Crippen LogP contribution < -0.4 is 11.1 Å². The highest BCUT2D eigenvalue weighted by atomic mass is 32.1. The van der Waals surface area contributed by atoms with Gasteiger partial charge in [-0.1, -0.05) is 12.2 Å². The third-order valence-electron chi connectivity index (χ3n) is 2.79. The fourth-order valence-corrected chi connectivity index (χ4v) is 1.89. The van der Waals surface area contributed by atoms with E-state index in [0.29, 0.717) is 11.4 Å². The van der Waals surface area contributed by atoms with Crippen LogP contribution in [0.4, 0.5) is 5.95 Å². The number of imide groups is 1.